The fraction of sp³-hybridized carbons (Fsp3) is 0.278. The van der Waals surface area contributed by atoms with Crippen molar-refractivity contribution in [3.05, 3.63) is 47.8 Å². The van der Waals surface area contributed by atoms with Crippen molar-refractivity contribution in [1.29, 1.82) is 0 Å². The number of hydrogen-bond donors (Lipinski definition) is 1. The topological polar surface area (TPSA) is 75.7 Å². The Hall–Kier alpha value is -2.61. The van der Waals surface area contributed by atoms with Gasteiger partial charge in [0.05, 0.1) is 23.4 Å². The molecule has 1 N–H and O–H groups in total. The van der Waals surface area contributed by atoms with Crippen LogP contribution in [0.4, 0.5) is 15.8 Å². The molecule has 1 aliphatic rings. The number of aryl methyl sites for hydroxylation is 1. The average Bonchev–Trinajstić information content (AvgIpc) is 2.60. The number of carbonyl (C=O) groups excluding carboxylic acids is 1. The van der Waals surface area contributed by atoms with Crippen LogP contribution in [0.15, 0.2) is 41.3 Å². The zero-order valence-electron chi connectivity index (χ0n) is 14.5. The predicted molar refractivity (Wildman–Crippen MR) is 96.6 cm³/mol. The number of hydrogen-bond acceptors (Lipinski definition) is 4. The molecule has 1 heterocycles. The molecule has 3 rings (SSSR count). The van der Waals surface area contributed by atoms with E-state index < -0.39 is 15.8 Å². The number of sulfonamides is 1. The van der Waals surface area contributed by atoms with Crippen LogP contribution >= 0.6 is 0 Å². The van der Waals surface area contributed by atoms with Gasteiger partial charge in [-0.2, -0.15) is 0 Å². The quantitative estimate of drug-likeness (QED) is 0.888. The maximum absolute atomic E-state index is 13.8. The number of methoxy groups -OCH3 is 1. The molecule has 0 spiro atoms. The highest BCUT2D eigenvalue weighted by atomic mass is 32.2. The molecule has 0 saturated carbocycles. The van der Waals surface area contributed by atoms with E-state index in [1.54, 1.807) is 12.1 Å². The van der Waals surface area contributed by atoms with E-state index in [2.05, 4.69) is 5.32 Å². The first-order valence-electron chi connectivity index (χ1n) is 8.09. The Bertz CT molecular complexity index is 960. The highest BCUT2D eigenvalue weighted by molar-refractivity contribution is 7.92. The summed E-state index contributed by atoms with van der Waals surface area (Å²) in [5.74, 6) is -0.875. The zero-order chi connectivity index (χ0) is 18.9. The van der Waals surface area contributed by atoms with Crippen molar-refractivity contribution in [1.82, 2.24) is 0 Å². The molecule has 0 unspecified atom stereocenters. The lowest BCUT2D eigenvalue weighted by molar-refractivity contribution is -0.114. The van der Waals surface area contributed by atoms with Crippen molar-refractivity contribution in [3.63, 3.8) is 0 Å². The summed E-state index contributed by atoms with van der Waals surface area (Å²) < 4.78 is 46.4. The molecule has 0 radical (unpaired) electrons. The summed E-state index contributed by atoms with van der Waals surface area (Å²) in [6.07, 6.45) is 1.32. The Balaban J connectivity index is 2.14. The van der Waals surface area contributed by atoms with Crippen molar-refractivity contribution in [2.75, 3.05) is 23.3 Å². The number of halogens is 1. The van der Waals surface area contributed by atoms with Crippen molar-refractivity contribution >= 4 is 27.3 Å². The van der Waals surface area contributed by atoms with Crippen LogP contribution in [0.3, 0.4) is 0 Å². The van der Waals surface area contributed by atoms with Crippen LogP contribution < -0.4 is 14.4 Å². The minimum atomic E-state index is -4.03. The minimum Gasteiger partial charge on any atom is -0.497 e. The van der Waals surface area contributed by atoms with Crippen molar-refractivity contribution in [2.24, 2.45) is 0 Å². The van der Waals surface area contributed by atoms with Crippen molar-refractivity contribution < 1.29 is 22.3 Å². The van der Waals surface area contributed by atoms with Gasteiger partial charge in [0.25, 0.3) is 10.0 Å². The second-order valence-electron chi connectivity index (χ2n) is 6.00. The summed E-state index contributed by atoms with van der Waals surface area (Å²) in [6, 6.07) is 8.62. The van der Waals surface area contributed by atoms with Crippen LogP contribution in [0, 0.1) is 5.82 Å². The van der Waals surface area contributed by atoms with Gasteiger partial charge in [-0.05, 0) is 30.5 Å². The summed E-state index contributed by atoms with van der Waals surface area (Å²) in [7, 11) is -2.68. The minimum absolute atomic E-state index is 0.121. The molecule has 0 aromatic heterocycles. The second-order valence-corrected chi connectivity index (χ2v) is 7.86. The third kappa shape index (κ3) is 3.37. The molecule has 0 atom stereocenters. The summed E-state index contributed by atoms with van der Waals surface area (Å²) >= 11 is 0. The number of fused-ring (bicyclic) bond motifs is 1. The third-order valence-corrected chi connectivity index (χ3v) is 5.93. The lowest BCUT2D eigenvalue weighted by atomic mass is 10.0. The fourth-order valence-corrected chi connectivity index (χ4v) is 4.68. The molecular formula is C18H19FN2O4S. The van der Waals surface area contributed by atoms with E-state index in [-0.39, 0.29) is 23.1 Å². The number of nitrogens with one attached hydrogen (secondary N) is 1. The van der Waals surface area contributed by atoms with Crippen LogP contribution in [0.1, 0.15) is 18.9 Å². The molecule has 2 aromatic rings. The maximum atomic E-state index is 13.8. The molecule has 0 bridgehead atoms. The Morgan fingerprint density at radius 1 is 1.27 bits per heavy atom. The van der Waals surface area contributed by atoms with E-state index >= 15 is 0 Å². The van der Waals surface area contributed by atoms with Gasteiger partial charge in [-0.3, -0.25) is 9.10 Å². The van der Waals surface area contributed by atoms with Crippen LogP contribution in [0.2, 0.25) is 0 Å². The number of anilines is 2. The first-order valence-corrected chi connectivity index (χ1v) is 9.54. The molecule has 0 aliphatic carbocycles. The Morgan fingerprint density at radius 2 is 2.04 bits per heavy atom. The third-order valence-electron chi connectivity index (χ3n) is 4.16. The number of ether oxygens (including phenoxy) is 1. The van der Waals surface area contributed by atoms with Gasteiger partial charge in [0.15, 0.2) is 0 Å². The van der Waals surface area contributed by atoms with Crippen LogP contribution in [-0.4, -0.2) is 28.0 Å². The SMILES string of the molecule is COc1cc(F)cc(S(=O)(=O)N2CCCc3cccc(NC(C)=O)c32)c1. The fourth-order valence-electron chi connectivity index (χ4n) is 3.07. The average molecular weight is 378 g/mol. The lowest BCUT2D eigenvalue weighted by Gasteiger charge is -2.32. The molecule has 1 amide bonds. The van der Waals surface area contributed by atoms with Gasteiger partial charge in [0.2, 0.25) is 5.91 Å². The summed E-state index contributed by atoms with van der Waals surface area (Å²) in [5, 5.41) is 2.68. The summed E-state index contributed by atoms with van der Waals surface area (Å²) in [4.78, 5) is 11.3. The molecule has 26 heavy (non-hydrogen) atoms. The first-order chi connectivity index (χ1) is 12.3. The highest BCUT2D eigenvalue weighted by Gasteiger charge is 2.32. The first kappa shape index (κ1) is 18.2. The number of rotatable bonds is 4. The number of carbonyl (C=O) groups is 1. The van der Waals surface area contributed by atoms with Gasteiger partial charge in [0.1, 0.15) is 11.6 Å². The monoisotopic (exact) mass is 378 g/mol. The van der Waals surface area contributed by atoms with E-state index in [0.717, 1.165) is 17.7 Å². The van der Waals surface area contributed by atoms with Crippen LogP contribution in [0.5, 0.6) is 5.75 Å². The lowest BCUT2D eigenvalue weighted by Crippen LogP contribution is -2.36. The summed E-state index contributed by atoms with van der Waals surface area (Å²) in [6.45, 7) is 1.60. The predicted octanol–water partition coefficient (Wildman–Crippen LogP) is 2.93. The van der Waals surface area contributed by atoms with Crippen LogP contribution in [-0.2, 0) is 21.2 Å². The van der Waals surface area contributed by atoms with Gasteiger partial charge in [-0.25, -0.2) is 12.8 Å². The molecule has 0 saturated heterocycles. The highest BCUT2D eigenvalue weighted by Crippen LogP contribution is 2.38. The molecule has 138 valence electrons. The van der Waals surface area contributed by atoms with Crippen LogP contribution in [0.25, 0.3) is 0 Å². The van der Waals surface area contributed by atoms with Gasteiger partial charge < -0.3 is 10.1 Å². The van der Waals surface area contributed by atoms with Crippen molar-refractivity contribution in [3.8, 4) is 5.75 Å². The summed E-state index contributed by atoms with van der Waals surface area (Å²) in [5.41, 5.74) is 1.66. The molecule has 8 heteroatoms. The maximum Gasteiger partial charge on any atom is 0.264 e. The second kappa shape index (κ2) is 6.95. The van der Waals surface area contributed by atoms with E-state index in [0.29, 0.717) is 24.2 Å². The molecule has 6 nitrogen and oxygen atoms in total. The van der Waals surface area contributed by atoms with Gasteiger partial charge in [-0.15, -0.1) is 0 Å². The van der Waals surface area contributed by atoms with Gasteiger partial charge >= 0.3 is 0 Å². The number of para-hydroxylation sites is 1. The zero-order valence-corrected chi connectivity index (χ0v) is 15.3. The number of benzene rings is 2. The number of amides is 1. The molecule has 2 aromatic carbocycles. The van der Waals surface area contributed by atoms with Crippen molar-refractivity contribution in [2.45, 2.75) is 24.7 Å². The van der Waals surface area contributed by atoms with Gasteiger partial charge in [-0.1, -0.05) is 12.1 Å². The molecule has 0 fully saturated rings. The molecule has 1 aliphatic heterocycles. The Labute approximate surface area is 151 Å². The largest absolute Gasteiger partial charge is 0.497 e. The Kier molecular flexibility index (Phi) is 4.86. The van der Waals surface area contributed by atoms with Gasteiger partial charge in [0, 0.05) is 25.6 Å². The smallest absolute Gasteiger partial charge is 0.264 e. The van der Waals surface area contributed by atoms with E-state index in [4.69, 9.17) is 4.74 Å². The molecular weight excluding hydrogens is 359 g/mol. The van der Waals surface area contributed by atoms with E-state index in [1.807, 2.05) is 6.07 Å². The Morgan fingerprint density at radius 3 is 2.73 bits per heavy atom. The number of nitrogens with zero attached hydrogens (tertiary/aromatic N) is 1. The standard InChI is InChI=1S/C18H19FN2O4S/c1-12(22)20-17-7-3-5-13-6-4-8-21(18(13)17)26(23,24)16-10-14(19)9-15(11-16)25-2/h3,5,7,9-11H,4,6,8H2,1-2H3,(H,20,22). The normalized spacial score (nSPS) is 13.9. The van der Waals surface area contributed by atoms with E-state index in [1.165, 1.54) is 24.4 Å². The van der Waals surface area contributed by atoms with E-state index in [9.17, 15) is 17.6 Å².